The summed E-state index contributed by atoms with van der Waals surface area (Å²) in [5, 5.41) is 4.73. The molecule has 152 valence electrons. The number of nitrogens with zero attached hydrogens (tertiary/aromatic N) is 1. The summed E-state index contributed by atoms with van der Waals surface area (Å²) in [5.74, 6) is 0.125. The number of hydrogen-bond donors (Lipinski definition) is 1. The highest BCUT2D eigenvalue weighted by Gasteiger charge is 2.20. The SMILES string of the molecule is CCOc1cc2ccccc2cc1C(=O)Nc1cc(S(=O)(=O)N(C)C)ccc1C. The molecule has 0 saturated carbocycles. The third kappa shape index (κ3) is 4.26. The Labute approximate surface area is 171 Å². The van der Waals surface area contributed by atoms with Crippen LogP contribution >= 0.6 is 0 Å². The number of fused-ring (bicyclic) bond motifs is 1. The summed E-state index contributed by atoms with van der Waals surface area (Å²) >= 11 is 0. The number of anilines is 1. The lowest BCUT2D eigenvalue weighted by Gasteiger charge is -2.16. The molecule has 1 N–H and O–H groups in total. The first kappa shape index (κ1) is 20.8. The number of benzene rings is 3. The molecule has 0 radical (unpaired) electrons. The number of aryl methyl sites for hydroxylation is 1. The van der Waals surface area contributed by atoms with Crippen molar-refractivity contribution < 1.29 is 17.9 Å². The van der Waals surface area contributed by atoms with Crippen LogP contribution in [-0.2, 0) is 10.0 Å². The molecule has 3 aromatic carbocycles. The fourth-order valence-corrected chi connectivity index (χ4v) is 3.90. The van der Waals surface area contributed by atoms with E-state index in [-0.39, 0.29) is 10.8 Å². The number of rotatable bonds is 6. The van der Waals surface area contributed by atoms with Crippen LogP contribution < -0.4 is 10.1 Å². The Morgan fingerprint density at radius 2 is 1.69 bits per heavy atom. The number of carbonyl (C=O) groups is 1. The molecule has 0 saturated heterocycles. The van der Waals surface area contributed by atoms with Gasteiger partial charge in [0.1, 0.15) is 5.75 Å². The number of ether oxygens (including phenoxy) is 1. The maximum atomic E-state index is 13.0. The van der Waals surface area contributed by atoms with Crippen molar-refractivity contribution in [3.8, 4) is 5.75 Å². The van der Waals surface area contributed by atoms with Crippen LogP contribution in [0.15, 0.2) is 59.5 Å². The van der Waals surface area contributed by atoms with Crippen molar-refractivity contribution in [3.05, 3.63) is 65.7 Å². The van der Waals surface area contributed by atoms with Gasteiger partial charge in [-0.15, -0.1) is 0 Å². The number of sulfonamides is 1. The van der Waals surface area contributed by atoms with Gasteiger partial charge in [0, 0.05) is 19.8 Å². The predicted octanol–water partition coefficient (Wildman–Crippen LogP) is 4.05. The number of hydrogen-bond acceptors (Lipinski definition) is 4. The first-order valence-corrected chi connectivity index (χ1v) is 10.7. The van der Waals surface area contributed by atoms with E-state index in [0.717, 1.165) is 20.6 Å². The van der Waals surface area contributed by atoms with Gasteiger partial charge in [0.2, 0.25) is 10.0 Å². The Balaban J connectivity index is 2.01. The van der Waals surface area contributed by atoms with Crippen molar-refractivity contribution in [2.75, 3.05) is 26.0 Å². The molecular weight excluding hydrogens is 388 g/mol. The summed E-state index contributed by atoms with van der Waals surface area (Å²) in [6.07, 6.45) is 0. The molecule has 0 spiro atoms. The molecule has 6 nitrogen and oxygen atoms in total. The predicted molar refractivity (Wildman–Crippen MR) is 115 cm³/mol. The van der Waals surface area contributed by atoms with Crippen molar-refractivity contribution in [3.63, 3.8) is 0 Å². The Morgan fingerprint density at radius 3 is 2.31 bits per heavy atom. The zero-order valence-corrected chi connectivity index (χ0v) is 17.7. The van der Waals surface area contributed by atoms with Gasteiger partial charge in [-0.1, -0.05) is 30.3 Å². The largest absolute Gasteiger partial charge is 0.493 e. The normalized spacial score (nSPS) is 11.6. The summed E-state index contributed by atoms with van der Waals surface area (Å²) < 4.78 is 31.7. The van der Waals surface area contributed by atoms with Gasteiger partial charge < -0.3 is 10.1 Å². The van der Waals surface area contributed by atoms with Gasteiger partial charge in [-0.25, -0.2) is 12.7 Å². The average molecular weight is 413 g/mol. The third-order valence-electron chi connectivity index (χ3n) is 4.63. The van der Waals surface area contributed by atoms with Gasteiger partial charge >= 0.3 is 0 Å². The number of nitrogens with one attached hydrogen (secondary N) is 1. The highest BCUT2D eigenvalue weighted by atomic mass is 32.2. The molecule has 0 aromatic heterocycles. The van der Waals surface area contributed by atoms with Crippen LogP contribution in [0.1, 0.15) is 22.8 Å². The molecule has 3 aromatic rings. The Bertz CT molecular complexity index is 1170. The standard InChI is InChI=1S/C22H24N2O4S/c1-5-28-21-13-17-9-7-6-8-16(17)12-19(21)22(25)23-20-14-18(11-10-15(20)2)29(26,27)24(3)4/h6-14H,5H2,1-4H3,(H,23,25). The Morgan fingerprint density at radius 1 is 1.03 bits per heavy atom. The summed E-state index contributed by atoms with van der Waals surface area (Å²) in [4.78, 5) is 13.2. The minimum Gasteiger partial charge on any atom is -0.493 e. The van der Waals surface area contributed by atoms with Gasteiger partial charge in [0.15, 0.2) is 0 Å². The van der Waals surface area contributed by atoms with Crippen LogP contribution in [-0.4, -0.2) is 39.3 Å². The molecule has 0 fully saturated rings. The van der Waals surface area contributed by atoms with E-state index in [1.165, 1.54) is 26.2 Å². The van der Waals surface area contributed by atoms with E-state index in [1.54, 1.807) is 12.1 Å². The van der Waals surface area contributed by atoms with E-state index in [0.29, 0.717) is 23.6 Å². The lowest BCUT2D eigenvalue weighted by Crippen LogP contribution is -2.22. The van der Waals surface area contributed by atoms with E-state index in [2.05, 4.69) is 5.32 Å². The molecule has 0 aliphatic rings. The highest BCUT2D eigenvalue weighted by molar-refractivity contribution is 7.89. The lowest BCUT2D eigenvalue weighted by atomic mass is 10.0. The molecule has 0 aliphatic carbocycles. The topological polar surface area (TPSA) is 75.7 Å². The third-order valence-corrected chi connectivity index (χ3v) is 6.44. The quantitative estimate of drug-likeness (QED) is 0.663. The van der Waals surface area contributed by atoms with Crippen molar-refractivity contribution in [1.29, 1.82) is 0 Å². The fourth-order valence-electron chi connectivity index (χ4n) is 2.97. The Hall–Kier alpha value is -2.90. The first-order chi connectivity index (χ1) is 13.7. The van der Waals surface area contributed by atoms with Gasteiger partial charge in [0.05, 0.1) is 17.1 Å². The molecule has 3 rings (SSSR count). The highest BCUT2D eigenvalue weighted by Crippen LogP contribution is 2.28. The molecule has 0 heterocycles. The molecule has 1 amide bonds. The number of amides is 1. The summed E-state index contributed by atoms with van der Waals surface area (Å²) in [7, 11) is -0.667. The van der Waals surface area contributed by atoms with Gasteiger partial charge in [0.25, 0.3) is 5.91 Å². The van der Waals surface area contributed by atoms with Crippen molar-refractivity contribution >= 4 is 32.4 Å². The zero-order chi connectivity index (χ0) is 21.2. The second-order valence-electron chi connectivity index (χ2n) is 6.85. The molecular formula is C22H24N2O4S. The molecule has 0 bridgehead atoms. The maximum absolute atomic E-state index is 13.0. The maximum Gasteiger partial charge on any atom is 0.259 e. The van der Waals surface area contributed by atoms with Crippen LogP contribution in [0.5, 0.6) is 5.75 Å². The second kappa shape index (κ2) is 8.23. The minimum atomic E-state index is -3.60. The van der Waals surface area contributed by atoms with E-state index in [9.17, 15) is 13.2 Å². The van der Waals surface area contributed by atoms with E-state index in [1.807, 2.05) is 44.2 Å². The van der Waals surface area contributed by atoms with Crippen molar-refractivity contribution in [2.45, 2.75) is 18.7 Å². The van der Waals surface area contributed by atoms with Gasteiger partial charge in [-0.3, -0.25) is 4.79 Å². The monoisotopic (exact) mass is 412 g/mol. The van der Waals surface area contributed by atoms with Crippen LogP contribution in [0, 0.1) is 6.92 Å². The van der Waals surface area contributed by atoms with E-state index in [4.69, 9.17) is 4.74 Å². The summed E-state index contributed by atoms with van der Waals surface area (Å²) in [5.41, 5.74) is 1.59. The summed E-state index contributed by atoms with van der Waals surface area (Å²) in [6, 6.07) is 16.0. The molecule has 7 heteroatoms. The van der Waals surface area contributed by atoms with Crippen LogP contribution in [0.4, 0.5) is 5.69 Å². The van der Waals surface area contributed by atoms with Crippen molar-refractivity contribution in [2.24, 2.45) is 0 Å². The first-order valence-electron chi connectivity index (χ1n) is 9.24. The van der Waals surface area contributed by atoms with Crippen LogP contribution in [0.25, 0.3) is 10.8 Å². The average Bonchev–Trinajstić information content (AvgIpc) is 2.69. The van der Waals surface area contributed by atoms with E-state index >= 15 is 0 Å². The zero-order valence-electron chi connectivity index (χ0n) is 16.9. The minimum absolute atomic E-state index is 0.118. The molecule has 0 unspecified atom stereocenters. The van der Waals surface area contributed by atoms with Crippen LogP contribution in [0.2, 0.25) is 0 Å². The molecule has 29 heavy (non-hydrogen) atoms. The smallest absolute Gasteiger partial charge is 0.259 e. The van der Waals surface area contributed by atoms with Gasteiger partial charge in [-0.2, -0.15) is 0 Å². The van der Waals surface area contributed by atoms with Crippen molar-refractivity contribution in [1.82, 2.24) is 4.31 Å². The van der Waals surface area contributed by atoms with Gasteiger partial charge in [-0.05, 0) is 54.4 Å². The number of carbonyl (C=O) groups excluding carboxylic acids is 1. The Kier molecular flexibility index (Phi) is 5.91. The molecule has 0 aliphatic heterocycles. The van der Waals surface area contributed by atoms with Crippen LogP contribution in [0.3, 0.4) is 0 Å². The fraction of sp³-hybridized carbons (Fsp3) is 0.227. The summed E-state index contributed by atoms with van der Waals surface area (Å²) in [6.45, 7) is 4.09. The van der Waals surface area contributed by atoms with E-state index < -0.39 is 10.0 Å². The lowest BCUT2D eigenvalue weighted by molar-refractivity contribution is 0.102. The second-order valence-corrected chi connectivity index (χ2v) is 9.00. The molecule has 0 atom stereocenters.